The number of hydrogen-bond acceptors (Lipinski definition) is 9. The van der Waals surface area contributed by atoms with Crippen LogP contribution in [0.15, 0.2) is 54.9 Å². The molecule has 2 aromatic heterocycles. The fraction of sp³-hybridized carbons (Fsp3) is 0.438. The van der Waals surface area contributed by atoms with E-state index in [0.29, 0.717) is 23.6 Å². The number of likely N-dealkylation sites (N-methyl/N-ethyl adjacent to an activating group) is 1. The molecule has 5 heterocycles. The number of piperazine rings is 1. The van der Waals surface area contributed by atoms with Gasteiger partial charge < -0.3 is 24.6 Å². The Labute approximate surface area is 246 Å². The minimum atomic E-state index is -0.813. The van der Waals surface area contributed by atoms with Crippen molar-refractivity contribution < 1.29 is 19.1 Å². The van der Waals surface area contributed by atoms with Crippen molar-refractivity contribution in [3.8, 4) is 11.1 Å². The van der Waals surface area contributed by atoms with Crippen LogP contribution in [0.5, 0.6) is 0 Å². The smallest absolute Gasteiger partial charge is 0.419 e. The van der Waals surface area contributed by atoms with Crippen molar-refractivity contribution in [3.05, 3.63) is 71.7 Å². The molecular weight excluding hydrogens is 532 g/mol. The molecule has 10 heteroatoms. The molecule has 1 N–H and O–H groups in total. The van der Waals surface area contributed by atoms with Crippen molar-refractivity contribution >= 4 is 23.5 Å². The summed E-state index contributed by atoms with van der Waals surface area (Å²) in [5.41, 5.74) is 4.16. The van der Waals surface area contributed by atoms with E-state index in [4.69, 9.17) is 14.5 Å². The number of nitrogens with zero attached hydrogens (tertiary/aromatic N) is 5. The Morgan fingerprint density at radius 1 is 1.05 bits per heavy atom. The summed E-state index contributed by atoms with van der Waals surface area (Å²) in [4.78, 5) is 42.4. The summed E-state index contributed by atoms with van der Waals surface area (Å²) in [5.74, 6) is 0.380. The van der Waals surface area contributed by atoms with Gasteiger partial charge in [0.05, 0.1) is 18.5 Å². The van der Waals surface area contributed by atoms with Crippen LogP contribution in [-0.2, 0) is 9.47 Å². The van der Waals surface area contributed by atoms with Crippen molar-refractivity contribution in [2.45, 2.75) is 44.9 Å². The van der Waals surface area contributed by atoms with Gasteiger partial charge in [0.2, 0.25) is 0 Å². The van der Waals surface area contributed by atoms with Gasteiger partial charge in [-0.25, -0.2) is 14.7 Å². The van der Waals surface area contributed by atoms with Crippen LogP contribution in [0.1, 0.15) is 60.9 Å². The quantitative estimate of drug-likeness (QED) is 0.459. The summed E-state index contributed by atoms with van der Waals surface area (Å²) in [6, 6.07) is 13.5. The van der Waals surface area contributed by atoms with E-state index in [9.17, 15) is 9.59 Å². The second-order valence-electron chi connectivity index (χ2n) is 12.2. The number of fused-ring (bicyclic) bond motifs is 1. The number of pyridine rings is 2. The third-order valence-electron chi connectivity index (χ3n) is 8.02. The van der Waals surface area contributed by atoms with Gasteiger partial charge in [0.15, 0.2) is 0 Å². The molecule has 6 rings (SSSR count). The summed E-state index contributed by atoms with van der Waals surface area (Å²) < 4.78 is 11.3. The molecule has 2 saturated heterocycles. The molecule has 10 nitrogen and oxygen atoms in total. The van der Waals surface area contributed by atoms with Crippen LogP contribution in [0.3, 0.4) is 0 Å². The van der Waals surface area contributed by atoms with Crippen LogP contribution in [0.4, 0.5) is 16.3 Å². The number of ether oxygens (including phenoxy) is 2. The average molecular weight is 571 g/mol. The first-order chi connectivity index (χ1) is 20.2. The van der Waals surface area contributed by atoms with Crippen LogP contribution in [0.2, 0.25) is 0 Å². The van der Waals surface area contributed by atoms with Gasteiger partial charge in [-0.1, -0.05) is 12.1 Å². The number of carbonyl (C=O) groups is 2. The minimum absolute atomic E-state index is 0.235. The predicted octanol–water partition coefficient (Wildman–Crippen LogP) is 4.90. The van der Waals surface area contributed by atoms with Gasteiger partial charge in [0.25, 0.3) is 5.91 Å². The fourth-order valence-corrected chi connectivity index (χ4v) is 5.78. The maximum Gasteiger partial charge on any atom is 0.419 e. The summed E-state index contributed by atoms with van der Waals surface area (Å²) in [7, 11) is 2.13. The molecular formula is C32H38N6O4. The van der Waals surface area contributed by atoms with E-state index in [1.165, 1.54) is 4.90 Å². The third-order valence-corrected chi connectivity index (χ3v) is 8.02. The van der Waals surface area contributed by atoms with Crippen LogP contribution in [0.25, 0.3) is 11.1 Å². The number of anilines is 2. The van der Waals surface area contributed by atoms with Gasteiger partial charge >= 0.3 is 6.09 Å². The van der Waals surface area contributed by atoms with Gasteiger partial charge in [-0.05, 0) is 75.7 Å². The van der Waals surface area contributed by atoms with Gasteiger partial charge in [0.1, 0.15) is 17.6 Å². The molecule has 0 bridgehead atoms. The van der Waals surface area contributed by atoms with Gasteiger partial charge in [0, 0.05) is 61.7 Å². The standard InChI is InChI=1S/C32H38N6O4/c1-32(2,3)42-31(40)38-29(35-27-9-8-23(19-34-27)37-15-13-36(4)14-16-37)28-24(6-5-7-25(28)30(38)39)21-10-12-33-26(18-21)22-11-17-41-20-22/h5-10,12,18-19,22,29H,11,13-17,20H2,1-4H3,(H,34,35). The van der Waals surface area contributed by atoms with Crippen molar-refractivity contribution in [2.75, 3.05) is 56.7 Å². The molecule has 0 spiro atoms. The predicted molar refractivity (Wildman–Crippen MR) is 161 cm³/mol. The van der Waals surface area contributed by atoms with Crippen LogP contribution in [-0.4, -0.2) is 83.8 Å². The van der Waals surface area contributed by atoms with Gasteiger partial charge in [-0.3, -0.25) is 9.78 Å². The lowest BCUT2D eigenvalue weighted by molar-refractivity contribution is 0.0208. The van der Waals surface area contributed by atoms with Crippen molar-refractivity contribution in [3.63, 3.8) is 0 Å². The Balaban J connectivity index is 1.36. The number of benzene rings is 1. The van der Waals surface area contributed by atoms with Crippen LogP contribution < -0.4 is 10.2 Å². The highest BCUT2D eigenvalue weighted by Crippen LogP contribution is 2.42. The molecule has 3 aromatic rings. The zero-order chi connectivity index (χ0) is 29.4. The minimum Gasteiger partial charge on any atom is -0.443 e. The Bertz CT molecular complexity index is 1460. The third kappa shape index (κ3) is 5.69. The normalized spacial score (nSPS) is 21.0. The number of hydrogen-bond donors (Lipinski definition) is 1. The van der Waals surface area contributed by atoms with E-state index in [1.54, 1.807) is 33.0 Å². The summed E-state index contributed by atoms with van der Waals surface area (Å²) in [6.07, 6.45) is 3.04. The summed E-state index contributed by atoms with van der Waals surface area (Å²) in [6.45, 7) is 10.6. The van der Waals surface area contributed by atoms with Gasteiger partial charge in [-0.15, -0.1) is 0 Å². The highest BCUT2D eigenvalue weighted by Gasteiger charge is 2.44. The Kier molecular flexibility index (Phi) is 7.59. The molecule has 2 fully saturated rings. The fourth-order valence-electron chi connectivity index (χ4n) is 5.78. The molecule has 2 amide bonds. The van der Waals surface area contributed by atoms with Crippen molar-refractivity contribution in [1.82, 2.24) is 19.8 Å². The Hall–Kier alpha value is -4.02. The summed E-state index contributed by atoms with van der Waals surface area (Å²) >= 11 is 0. The topological polar surface area (TPSA) is 100 Å². The molecule has 3 aliphatic heterocycles. The molecule has 0 aliphatic carbocycles. The van der Waals surface area contributed by atoms with Crippen LogP contribution in [0, 0.1) is 0 Å². The number of imide groups is 1. The van der Waals surface area contributed by atoms with E-state index in [0.717, 1.165) is 61.7 Å². The average Bonchev–Trinajstić information content (AvgIpc) is 3.60. The first-order valence-corrected chi connectivity index (χ1v) is 14.6. The maximum atomic E-state index is 13.8. The second kappa shape index (κ2) is 11.3. The number of nitrogens with one attached hydrogen (secondary N) is 1. The lowest BCUT2D eigenvalue weighted by atomic mass is 9.94. The lowest BCUT2D eigenvalue weighted by Crippen LogP contribution is -2.44. The largest absolute Gasteiger partial charge is 0.443 e. The van der Waals surface area contributed by atoms with E-state index < -0.39 is 23.8 Å². The lowest BCUT2D eigenvalue weighted by Gasteiger charge is -2.34. The zero-order valence-corrected chi connectivity index (χ0v) is 24.7. The van der Waals surface area contributed by atoms with E-state index in [-0.39, 0.29) is 5.92 Å². The number of rotatable bonds is 5. The molecule has 0 saturated carbocycles. The maximum absolute atomic E-state index is 13.8. The Morgan fingerprint density at radius 3 is 2.52 bits per heavy atom. The number of amides is 2. The molecule has 0 radical (unpaired) electrons. The highest BCUT2D eigenvalue weighted by molar-refractivity contribution is 6.09. The molecule has 42 heavy (non-hydrogen) atoms. The van der Waals surface area contributed by atoms with E-state index in [1.807, 2.05) is 36.5 Å². The number of carbonyl (C=O) groups excluding carboxylic acids is 2. The van der Waals surface area contributed by atoms with Crippen molar-refractivity contribution in [2.24, 2.45) is 0 Å². The van der Waals surface area contributed by atoms with Crippen LogP contribution >= 0.6 is 0 Å². The van der Waals surface area contributed by atoms with Gasteiger partial charge in [-0.2, -0.15) is 0 Å². The molecule has 1 aromatic carbocycles. The number of aromatic nitrogens is 2. The zero-order valence-electron chi connectivity index (χ0n) is 24.7. The Morgan fingerprint density at radius 2 is 1.83 bits per heavy atom. The van der Waals surface area contributed by atoms with Crippen molar-refractivity contribution in [1.29, 1.82) is 0 Å². The molecule has 220 valence electrons. The first kappa shape index (κ1) is 28.1. The van der Waals surface area contributed by atoms with E-state index in [2.05, 4.69) is 33.2 Å². The van der Waals surface area contributed by atoms with E-state index >= 15 is 0 Å². The second-order valence-corrected chi connectivity index (χ2v) is 12.2. The molecule has 2 atom stereocenters. The molecule has 3 aliphatic rings. The summed E-state index contributed by atoms with van der Waals surface area (Å²) in [5, 5.41) is 3.39. The SMILES string of the molecule is CN1CCN(c2ccc(NC3c4c(cccc4-c4ccnc(C5CCOC5)c4)C(=O)N3C(=O)OC(C)(C)C)nc2)CC1. The monoisotopic (exact) mass is 570 g/mol. The first-order valence-electron chi connectivity index (χ1n) is 14.6. The highest BCUT2D eigenvalue weighted by atomic mass is 16.6. The molecule has 2 unspecified atom stereocenters.